The van der Waals surface area contributed by atoms with E-state index in [-0.39, 0.29) is 24.7 Å². The average Bonchev–Trinajstić information content (AvgIpc) is 3.23. The summed E-state index contributed by atoms with van der Waals surface area (Å²) in [5, 5.41) is 4.20. The normalized spacial score (nSPS) is 10.9. The van der Waals surface area contributed by atoms with E-state index in [1.807, 2.05) is 26.0 Å². The third-order valence-electron chi connectivity index (χ3n) is 5.08. The minimum absolute atomic E-state index is 0.107. The van der Waals surface area contributed by atoms with Crippen molar-refractivity contribution in [2.24, 2.45) is 0 Å². The Kier molecular flexibility index (Phi) is 5.82. The summed E-state index contributed by atoms with van der Waals surface area (Å²) in [6.45, 7) is 4.30. The van der Waals surface area contributed by atoms with Crippen molar-refractivity contribution in [3.8, 4) is 0 Å². The van der Waals surface area contributed by atoms with Crippen molar-refractivity contribution in [2.45, 2.75) is 26.9 Å². The fourth-order valence-electron chi connectivity index (χ4n) is 3.59. The number of nitrogens with zero attached hydrogens (tertiary/aromatic N) is 1. The number of fused-ring (bicyclic) bond motifs is 1. The lowest BCUT2D eigenvalue weighted by atomic mass is 10.0. The predicted octanol–water partition coefficient (Wildman–Crippen LogP) is 5.63. The van der Waals surface area contributed by atoms with E-state index >= 15 is 0 Å². The molecule has 0 saturated carbocycles. The van der Waals surface area contributed by atoms with Gasteiger partial charge in [0, 0.05) is 16.5 Å². The summed E-state index contributed by atoms with van der Waals surface area (Å²) in [6, 6.07) is 16.0. The maximum atomic E-state index is 13.1. The number of aromatic amines is 1. The second kappa shape index (κ2) is 8.70. The van der Waals surface area contributed by atoms with Crippen molar-refractivity contribution in [3.63, 3.8) is 0 Å². The average molecular weight is 436 g/mol. The highest BCUT2D eigenvalue weighted by molar-refractivity contribution is 6.33. The maximum Gasteiger partial charge on any atom is 0.322 e. The number of nitrogens with one attached hydrogen (secondary N) is 2. The summed E-state index contributed by atoms with van der Waals surface area (Å²) in [5.74, 6) is 0.610. The number of furan rings is 1. The minimum atomic E-state index is -0.385. The largest absolute Gasteiger partial charge is 0.467 e. The molecule has 0 bridgehead atoms. The molecular formula is C24H22ClN3O3. The zero-order valence-corrected chi connectivity index (χ0v) is 18.0. The molecule has 6 nitrogen and oxygen atoms in total. The zero-order chi connectivity index (χ0) is 22.0. The smallest absolute Gasteiger partial charge is 0.322 e. The number of para-hydroxylation sites is 1. The monoisotopic (exact) mass is 435 g/mol. The van der Waals surface area contributed by atoms with Gasteiger partial charge in [-0.2, -0.15) is 0 Å². The molecular weight excluding hydrogens is 414 g/mol. The van der Waals surface area contributed by atoms with Gasteiger partial charge in [-0.25, -0.2) is 4.79 Å². The van der Waals surface area contributed by atoms with Gasteiger partial charge in [-0.3, -0.25) is 4.79 Å². The number of urea groups is 1. The number of amides is 2. The Morgan fingerprint density at radius 1 is 1.10 bits per heavy atom. The van der Waals surface area contributed by atoms with E-state index in [2.05, 4.69) is 16.4 Å². The van der Waals surface area contributed by atoms with Crippen LogP contribution in [-0.4, -0.2) is 15.9 Å². The van der Waals surface area contributed by atoms with Gasteiger partial charge < -0.3 is 19.6 Å². The Morgan fingerprint density at radius 2 is 1.90 bits per heavy atom. The molecule has 0 saturated heterocycles. The number of carbonyl (C=O) groups is 1. The molecule has 7 heteroatoms. The van der Waals surface area contributed by atoms with Crippen LogP contribution in [0.3, 0.4) is 0 Å². The number of carbonyl (C=O) groups excluding carboxylic acids is 1. The van der Waals surface area contributed by atoms with Gasteiger partial charge in [0.05, 0.1) is 30.1 Å². The number of anilines is 1. The Labute approximate surface area is 184 Å². The molecule has 4 aromatic rings. The standard InChI is InChI=1S/C24H22ClN3O3/c1-15-10-16(2)19-12-17(23(29)26-22(19)11-15)13-28(14-18-6-5-9-31-18)24(30)27-21-8-4-3-7-20(21)25/h3-12H,13-14H2,1-2H3,(H,26,29)(H,27,30). The quantitative estimate of drug-likeness (QED) is 0.426. The van der Waals surface area contributed by atoms with Crippen LogP contribution < -0.4 is 10.9 Å². The molecule has 158 valence electrons. The minimum Gasteiger partial charge on any atom is -0.467 e. The number of aryl methyl sites for hydroxylation is 2. The summed E-state index contributed by atoms with van der Waals surface area (Å²) in [5.41, 5.74) is 3.67. The molecule has 0 radical (unpaired) electrons. The zero-order valence-electron chi connectivity index (χ0n) is 17.2. The Hall–Kier alpha value is -3.51. The number of H-pyrrole nitrogens is 1. The Morgan fingerprint density at radius 3 is 2.65 bits per heavy atom. The van der Waals surface area contributed by atoms with Crippen LogP contribution in [-0.2, 0) is 13.1 Å². The number of aromatic nitrogens is 1. The molecule has 2 amide bonds. The summed E-state index contributed by atoms with van der Waals surface area (Å²) < 4.78 is 5.42. The predicted molar refractivity (Wildman–Crippen MR) is 122 cm³/mol. The molecule has 2 aromatic carbocycles. The Balaban J connectivity index is 1.67. The number of rotatable bonds is 5. The lowest BCUT2D eigenvalue weighted by Gasteiger charge is -2.22. The first-order chi connectivity index (χ1) is 14.9. The van der Waals surface area contributed by atoms with Crippen molar-refractivity contribution in [1.82, 2.24) is 9.88 Å². The fourth-order valence-corrected chi connectivity index (χ4v) is 3.77. The third kappa shape index (κ3) is 4.64. The highest BCUT2D eigenvalue weighted by Gasteiger charge is 2.19. The highest BCUT2D eigenvalue weighted by atomic mass is 35.5. The van der Waals surface area contributed by atoms with Crippen molar-refractivity contribution in [1.29, 1.82) is 0 Å². The van der Waals surface area contributed by atoms with Gasteiger partial charge in [-0.1, -0.05) is 29.8 Å². The summed E-state index contributed by atoms with van der Waals surface area (Å²) in [6.07, 6.45) is 1.55. The van der Waals surface area contributed by atoms with Crippen LogP contribution in [0.15, 0.2) is 70.1 Å². The first kappa shape index (κ1) is 20.8. The number of hydrogen-bond acceptors (Lipinski definition) is 3. The van der Waals surface area contributed by atoms with Crippen LogP contribution in [0.4, 0.5) is 10.5 Å². The van der Waals surface area contributed by atoms with E-state index < -0.39 is 0 Å². The lowest BCUT2D eigenvalue weighted by molar-refractivity contribution is 0.201. The van der Waals surface area contributed by atoms with E-state index in [9.17, 15) is 9.59 Å². The van der Waals surface area contributed by atoms with Crippen LogP contribution in [0.2, 0.25) is 5.02 Å². The van der Waals surface area contributed by atoms with E-state index in [4.69, 9.17) is 16.0 Å². The molecule has 2 heterocycles. The van der Waals surface area contributed by atoms with Gasteiger partial charge in [0.2, 0.25) is 0 Å². The molecule has 0 aliphatic heterocycles. The van der Waals surface area contributed by atoms with E-state index in [1.54, 1.807) is 42.7 Å². The summed E-state index contributed by atoms with van der Waals surface area (Å²) >= 11 is 6.19. The van der Waals surface area contributed by atoms with Crippen LogP contribution >= 0.6 is 11.6 Å². The Bertz CT molecular complexity index is 1300. The second-order valence-electron chi connectivity index (χ2n) is 7.51. The first-order valence-electron chi connectivity index (χ1n) is 9.86. The van der Waals surface area contributed by atoms with Crippen LogP contribution in [0.1, 0.15) is 22.5 Å². The molecule has 0 fully saturated rings. The van der Waals surface area contributed by atoms with Gasteiger partial charge in [-0.15, -0.1) is 0 Å². The van der Waals surface area contributed by atoms with Gasteiger partial charge >= 0.3 is 6.03 Å². The van der Waals surface area contributed by atoms with Crippen molar-refractivity contribution in [3.05, 3.63) is 98.7 Å². The second-order valence-corrected chi connectivity index (χ2v) is 7.92. The number of hydrogen-bond donors (Lipinski definition) is 2. The molecule has 2 N–H and O–H groups in total. The van der Waals surface area contributed by atoms with Gasteiger partial charge in [0.15, 0.2) is 0 Å². The lowest BCUT2D eigenvalue weighted by Crippen LogP contribution is -2.35. The topological polar surface area (TPSA) is 78.3 Å². The summed E-state index contributed by atoms with van der Waals surface area (Å²) in [4.78, 5) is 30.3. The van der Waals surface area contributed by atoms with Crippen LogP contribution in [0.25, 0.3) is 10.9 Å². The van der Waals surface area contributed by atoms with Crippen LogP contribution in [0, 0.1) is 13.8 Å². The number of benzene rings is 2. The maximum absolute atomic E-state index is 13.1. The molecule has 0 aliphatic rings. The molecule has 0 aliphatic carbocycles. The number of halogens is 1. The van der Waals surface area contributed by atoms with Crippen molar-refractivity contribution < 1.29 is 9.21 Å². The van der Waals surface area contributed by atoms with Crippen LogP contribution in [0.5, 0.6) is 0 Å². The van der Waals surface area contributed by atoms with Gasteiger partial charge in [0.1, 0.15) is 5.76 Å². The highest BCUT2D eigenvalue weighted by Crippen LogP contribution is 2.23. The molecule has 0 spiro atoms. The van der Waals surface area contributed by atoms with Crippen molar-refractivity contribution >= 4 is 34.2 Å². The summed E-state index contributed by atoms with van der Waals surface area (Å²) in [7, 11) is 0. The molecule has 0 atom stereocenters. The molecule has 2 aromatic heterocycles. The first-order valence-corrected chi connectivity index (χ1v) is 10.2. The van der Waals surface area contributed by atoms with Gasteiger partial charge in [0.25, 0.3) is 5.56 Å². The van der Waals surface area contributed by atoms with Gasteiger partial charge in [-0.05, 0) is 61.4 Å². The molecule has 0 unspecified atom stereocenters. The van der Waals surface area contributed by atoms with E-state index in [1.165, 1.54) is 4.90 Å². The van der Waals surface area contributed by atoms with E-state index in [0.717, 1.165) is 22.0 Å². The third-order valence-corrected chi connectivity index (χ3v) is 5.41. The number of pyridine rings is 1. The molecule has 4 rings (SSSR count). The van der Waals surface area contributed by atoms with E-state index in [0.29, 0.717) is 22.0 Å². The fraction of sp³-hybridized carbons (Fsp3) is 0.167. The molecule has 31 heavy (non-hydrogen) atoms. The van der Waals surface area contributed by atoms with Crippen molar-refractivity contribution in [2.75, 3.05) is 5.32 Å². The SMILES string of the molecule is Cc1cc(C)c2cc(CN(Cc3ccco3)C(=O)Nc3ccccc3Cl)c(=O)[nH]c2c1.